The number of thioether (sulfide) groups is 1. The number of hydrogen-bond acceptors (Lipinski definition) is 10. The predicted molar refractivity (Wildman–Crippen MR) is 109 cm³/mol. The number of halogens is 1. The Morgan fingerprint density at radius 3 is 2.47 bits per heavy atom. The van der Waals surface area contributed by atoms with Gasteiger partial charge >= 0.3 is 6.03 Å². The topological polar surface area (TPSA) is 150 Å². The van der Waals surface area contributed by atoms with Gasteiger partial charge in [0.15, 0.2) is 10.8 Å². The summed E-state index contributed by atoms with van der Waals surface area (Å²) in [5.41, 5.74) is 0.210. The second-order valence-electron chi connectivity index (χ2n) is 5.42. The van der Waals surface area contributed by atoms with Crippen molar-refractivity contribution in [1.29, 1.82) is 0 Å². The lowest BCUT2D eigenvalue weighted by Crippen LogP contribution is -2.35. The molecule has 0 saturated carbocycles. The van der Waals surface area contributed by atoms with Crippen LogP contribution in [0.4, 0.5) is 10.7 Å². The summed E-state index contributed by atoms with van der Waals surface area (Å²) in [6.07, 6.45) is 0. The van der Waals surface area contributed by atoms with Crippen molar-refractivity contribution in [3.8, 4) is 11.8 Å². The van der Waals surface area contributed by atoms with Gasteiger partial charge in [-0.25, -0.2) is 14.5 Å². The number of imidazole rings is 1. The average molecular weight is 474 g/mol. The zero-order valence-electron chi connectivity index (χ0n) is 15.9. The molecule has 0 aliphatic heterocycles. The zero-order chi connectivity index (χ0) is 21.9. The van der Waals surface area contributed by atoms with E-state index in [0.717, 1.165) is 10.3 Å². The number of amides is 2. The molecule has 0 spiro atoms. The van der Waals surface area contributed by atoms with Crippen LogP contribution >= 0.6 is 23.4 Å². The molecule has 15 heteroatoms. The first-order valence-corrected chi connectivity index (χ1v) is 11.1. The highest BCUT2D eigenvalue weighted by molar-refractivity contribution is 7.99. The van der Waals surface area contributed by atoms with Gasteiger partial charge in [-0.05, 0) is 17.9 Å². The van der Waals surface area contributed by atoms with E-state index < -0.39 is 21.1 Å². The van der Waals surface area contributed by atoms with E-state index in [4.69, 9.17) is 21.1 Å². The average Bonchev–Trinajstić information content (AvgIpc) is 3.03. The maximum atomic E-state index is 12.8. The SMILES string of the molecule is CCSc1ccc2nc(Cl)c(S(=O)(=O)NC(=O)Nc3nc(OC)cc(OC)n3)n2n1. The molecule has 3 rings (SSSR count). The van der Waals surface area contributed by atoms with Gasteiger partial charge < -0.3 is 9.47 Å². The molecule has 0 unspecified atom stereocenters. The fourth-order valence-electron chi connectivity index (χ4n) is 2.29. The monoisotopic (exact) mass is 473 g/mol. The van der Waals surface area contributed by atoms with E-state index >= 15 is 0 Å². The fourth-order valence-corrected chi connectivity index (χ4v) is 4.38. The van der Waals surface area contributed by atoms with Gasteiger partial charge in [-0.1, -0.05) is 18.5 Å². The van der Waals surface area contributed by atoms with Gasteiger partial charge in [-0.15, -0.1) is 11.8 Å². The number of urea groups is 1. The lowest BCUT2D eigenvalue weighted by molar-refractivity contribution is 0.256. The second kappa shape index (κ2) is 8.89. The molecule has 3 heterocycles. The van der Waals surface area contributed by atoms with Crippen LogP contribution in [-0.4, -0.2) is 59.0 Å². The maximum Gasteiger partial charge on any atom is 0.335 e. The Labute approximate surface area is 180 Å². The summed E-state index contributed by atoms with van der Waals surface area (Å²) >= 11 is 7.42. The van der Waals surface area contributed by atoms with Crippen molar-refractivity contribution in [2.24, 2.45) is 0 Å². The van der Waals surface area contributed by atoms with E-state index in [9.17, 15) is 13.2 Å². The molecule has 30 heavy (non-hydrogen) atoms. The molecule has 0 fully saturated rings. The molecule has 0 radical (unpaired) electrons. The minimum atomic E-state index is -4.44. The molecule has 0 bridgehead atoms. The Kier molecular flexibility index (Phi) is 6.48. The second-order valence-corrected chi connectivity index (χ2v) is 8.66. The molecular formula is C15H16ClN7O5S2. The Balaban J connectivity index is 1.89. The summed E-state index contributed by atoms with van der Waals surface area (Å²) in [5.74, 6) is 0.709. The Morgan fingerprint density at radius 1 is 1.20 bits per heavy atom. The highest BCUT2D eigenvalue weighted by Crippen LogP contribution is 2.24. The summed E-state index contributed by atoms with van der Waals surface area (Å²) in [7, 11) is -1.72. The summed E-state index contributed by atoms with van der Waals surface area (Å²) in [6.45, 7) is 1.93. The summed E-state index contributed by atoms with van der Waals surface area (Å²) in [5, 5.41) is 6.17. The van der Waals surface area contributed by atoms with E-state index in [0.29, 0.717) is 5.03 Å². The third-order valence-corrected chi connectivity index (χ3v) is 5.98. The molecule has 0 atom stereocenters. The number of nitrogens with one attached hydrogen (secondary N) is 2. The quantitative estimate of drug-likeness (QED) is 0.486. The fraction of sp³-hybridized carbons (Fsp3) is 0.267. The molecule has 12 nitrogen and oxygen atoms in total. The number of fused-ring (bicyclic) bond motifs is 1. The van der Waals surface area contributed by atoms with Crippen LogP contribution in [-0.2, 0) is 10.0 Å². The van der Waals surface area contributed by atoms with Crippen molar-refractivity contribution in [3.63, 3.8) is 0 Å². The van der Waals surface area contributed by atoms with Crippen molar-refractivity contribution >= 4 is 51.0 Å². The molecule has 3 aromatic rings. The number of hydrogen-bond donors (Lipinski definition) is 2. The van der Waals surface area contributed by atoms with Crippen molar-refractivity contribution in [1.82, 2.24) is 29.3 Å². The number of rotatable bonds is 7. The molecule has 2 N–H and O–H groups in total. The molecule has 0 aliphatic carbocycles. The Morgan fingerprint density at radius 2 is 1.87 bits per heavy atom. The van der Waals surface area contributed by atoms with E-state index in [-0.39, 0.29) is 28.5 Å². The minimum absolute atomic E-state index is 0.106. The van der Waals surface area contributed by atoms with Crippen molar-refractivity contribution < 1.29 is 22.7 Å². The number of sulfonamides is 1. The van der Waals surface area contributed by atoms with Crippen LogP contribution in [0.2, 0.25) is 5.15 Å². The van der Waals surface area contributed by atoms with Crippen LogP contribution in [0.25, 0.3) is 5.65 Å². The van der Waals surface area contributed by atoms with Crippen LogP contribution in [0.3, 0.4) is 0 Å². The van der Waals surface area contributed by atoms with Gasteiger partial charge in [0, 0.05) is 0 Å². The van der Waals surface area contributed by atoms with Crippen LogP contribution in [0.15, 0.2) is 28.3 Å². The van der Waals surface area contributed by atoms with Crippen molar-refractivity contribution in [2.75, 3.05) is 25.3 Å². The predicted octanol–water partition coefficient (Wildman–Crippen LogP) is 1.81. The lowest BCUT2D eigenvalue weighted by atomic mass is 10.6. The number of methoxy groups -OCH3 is 2. The van der Waals surface area contributed by atoms with Crippen LogP contribution < -0.4 is 19.5 Å². The Hall–Kier alpha value is -2.84. The normalized spacial score (nSPS) is 11.3. The van der Waals surface area contributed by atoms with Gasteiger partial charge in [-0.2, -0.15) is 28.0 Å². The van der Waals surface area contributed by atoms with Gasteiger partial charge in [0.05, 0.1) is 20.3 Å². The zero-order valence-corrected chi connectivity index (χ0v) is 18.3. The molecule has 2 amide bonds. The van der Waals surface area contributed by atoms with Gasteiger partial charge in [0.25, 0.3) is 10.0 Å². The first-order valence-electron chi connectivity index (χ1n) is 8.26. The molecule has 0 aromatic carbocycles. The molecular weight excluding hydrogens is 458 g/mol. The van der Waals surface area contributed by atoms with Gasteiger partial charge in [0.2, 0.25) is 22.7 Å². The molecule has 3 aromatic heterocycles. The van der Waals surface area contributed by atoms with Crippen LogP contribution in [0, 0.1) is 0 Å². The first-order chi connectivity index (χ1) is 14.3. The smallest absolute Gasteiger partial charge is 0.335 e. The summed E-state index contributed by atoms with van der Waals surface area (Å²) in [6, 6.07) is 3.52. The molecule has 0 aliphatic rings. The lowest BCUT2D eigenvalue weighted by Gasteiger charge is -2.09. The molecule has 160 valence electrons. The summed E-state index contributed by atoms with van der Waals surface area (Å²) < 4.78 is 38.4. The molecule has 0 saturated heterocycles. The Bertz CT molecular complexity index is 1180. The van der Waals surface area contributed by atoms with Gasteiger partial charge in [-0.3, -0.25) is 5.32 Å². The number of carbonyl (C=O) groups is 1. The number of aromatic nitrogens is 5. The van der Waals surface area contributed by atoms with Crippen molar-refractivity contribution in [3.05, 3.63) is 23.4 Å². The maximum absolute atomic E-state index is 12.8. The van der Waals surface area contributed by atoms with Crippen molar-refractivity contribution in [2.45, 2.75) is 17.0 Å². The third kappa shape index (κ3) is 4.66. The van der Waals surface area contributed by atoms with E-state index in [1.807, 2.05) is 11.6 Å². The number of ether oxygens (including phenoxy) is 2. The first kappa shape index (κ1) is 21.9. The van der Waals surface area contributed by atoms with Crippen LogP contribution in [0.5, 0.6) is 11.8 Å². The number of carbonyl (C=O) groups excluding carboxylic acids is 1. The minimum Gasteiger partial charge on any atom is -0.481 e. The van der Waals surface area contributed by atoms with E-state index in [1.165, 1.54) is 32.0 Å². The highest BCUT2D eigenvalue weighted by Gasteiger charge is 2.28. The van der Waals surface area contributed by atoms with Crippen LogP contribution in [0.1, 0.15) is 6.92 Å². The summed E-state index contributed by atoms with van der Waals surface area (Å²) in [4.78, 5) is 24.0. The third-order valence-electron chi connectivity index (χ3n) is 3.47. The number of nitrogens with zero attached hydrogens (tertiary/aromatic N) is 5. The number of anilines is 1. The highest BCUT2D eigenvalue weighted by atomic mass is 35.5. The van der Waals surface area contributed by atoms with E-state index in [1.54, 1.807) is 12.1 Å². The van der Waals surface area contributed by atoms with E-state index in [2.05, 4.69) is 25.4 Å². The standard InChI is InChI=1S/C15H16ClN7O5S2/c1-4-29-11-6-5-8-17-12(16)13(23(8)21-11)30(25,26)22-15(24)20-14-18-9(27-2)7-10(19-14)28-3/h5-7H,4H2,1-3H3,(H2,18,19,20,22,24). The largest absolute Gasteiger partial charge is 0.481 e. The van der Waals surface area contributed by atoms with Gasteiger partial charge in [0.1, 0.15) is 5.03 Å².